The number of aryl methyl sites for hydroxylation is 1. The summed E-state index contributed by atoms with van der Waals surface area (Å²) in [5.41, 5.74) is 5.90. The van der Waals surface area contributed by atoms with Crippen LogP contribution in [0, 0.1) is 25.2 Å². The number of carbonyl (C=O) groups is 1. The van der Waals surface area contributed by atoms with Crippen molar-refractivity contribution in [1.29, 1.82) is 5.26 Å². The second-order valence-corrected chi connectivity index (χ2v) is 9.32. The van der Waals surface area contributed by atoms with E-state index in [0.29, 0.717) is 13.2 Å². The summed E-state index contributed by atoms with van der Waals surface area (Å²) in [5.74, 6) is 0.393. The molecule has 4 rings (SSSR count). The largest absolute Gasteiger partial charge is 0.489 e. The molecule has 0 saturated carbocycles. The van der Waals surface area contributed by atoms with E-state index < -0.39 is 5.91 Å². The number of carbonyl (C=O) groups excluding carboxylic acids is 1. The summed E-state index contributed by atoms with van der Waals surface area (Å²) in [6.45, 7) is 4.85. The third-order valence-corrected chi connectivity index (χ3v) is 6.37. The van der Waals surface area contributed by atoms with E-state index >= 15 is 0 Å². The maximum absolute atomic E-state index is 12.6. The Morgan fingerprint density at radius 1 is 1.00 bits per heavy atom. The van der Waals surface area contributed by atoms with Gasteiger partial charge < -0.3 is 14.6 Å². The van der Waals surface area contributed by atoms with Crippen LogP contribution >= 0.6 is 15.9 Å². The van der Waals surface area contributed by atoms with E-state index in [9.17, 15) is 10.1 Å². The SMILES string of the molecule is Cc1cc(/C=C(/C#N)C(=O)NCc2ccccc2)c(C)n1-c1ccc(OCc2ccc(Br)cc2)cc1. The van der Waals surface area contributed by atoms with Crippen LogP contribution in [0.3, 0.4) is 0 Å². The van der Waals surface area contributed by atoms with Gasteiger partial charge in [0, 0.05) is 28.1 Å². The molecule has 0 aliphatic heterocycles. The Labute approximate surface area is 219 Å². The minimum Gasteiger partial charge on any atom is -0.489 e. The standard InChI is InChI=1S/C30H26BrN3O2/c1-21-16-25(17-26(18-32)30(35)33-19-23-6-4-3-5-7-23)22(2)34(21)28-12-14-29(15-13-28)36-20-24-8-10-27(31)11-9-24/h3-17H,19-20H2,1-2H3,(H,33,35)/b26-17-. The lowest BCUT2D eigenvalue weighted by molar-refractivity contribution is -0.117. The summed E-state index contributed by atoms with van der Waals surface area (Å²) in [5, 5.41) is 12.4. The van der Waals surface area contributed by atoms with Gasteiger partial charge >= 0.3 is 0 Å². The minimum atomic E-state index is -0.390. The van der Waals surface area contributed by atoms with Gasteiger partial charge in [0.25, 0.3) is 5.91 Å². The van der Waals surface area contributed by atoms with Gasteiger partial charge in [0.1, 0.15) is 24.0 Å². The molecule has 0 atom stereocenters. The molecule has 0 bridgehead atoms. The highest BCUT2D eigenvalue weighted by Crippen LogP contribution is 2.25. The van der Waals surface area contributed by atoms with Crippen LogP contribution in [0.1, 0.15) is 28.1 Å². The number of amides is 1. The molecule has 4 aromatic rings. The third kappa shape index (κ3) is 6.12. The number of nitrogens with one attached hydrogen (secondary N) is 1. The zero-order chi connectivity index (χ0) is 25.5. The van der Waals surface area contributed by atoms with Crippen molar-refractivity contribution in [2.75, 3.05) is 0 Å². The average molecular weight is 540 g/mol. The fraction of sp³-hybridized carbons (Fsp3) is 0.133. The Kier molecular flexibility index (Phi) is 8.04. The third-order valence-electron chi connectivity index (χ3n) is 5.84. The monoisotopic (exact) mass is 539 g/mol. The summed E-state index contributed by atoms with van der Waals surface area (Å²) in [6.07, 6.45) is 1.65. The fourth-order valence-electron chi connectivity index (χ4n) is 3.95. The smallest absolute Gasteiger partial charge is 0.262 e. The summed E-state index contributed by atoms with van der Waals surface area (Å²) < 4.78 is 9.06. The highest BCUT2D eigenvalue weighted by Gasteiger charge is 2.14. The number of hydrogen-bond acceptors (Lipinski definition) is 3. The molecule has 0 unspecified atom stereocenters. The van der Waals surface area contributed by atoms with E-state index in [0.717, 1.165) is 44.0 Å². The number of halogens is 1. The molecule has 180 valence electrons. The van der Waals surface area contributed by atoms with E-state index in [4.69, 9.17) is 4.74 Å². The molecule has 1 amide bonds. The van der Waals surface area contributed by atoms with Crippen LogP contribution in [0.15, 0.2) is 95.0 Å². The normalized spacial score (nSPS) is 11.1. The summed E-state index contributed by atoms with van der Waals surface area (Å²) in [7, 11) is 0. The summed E-state index contributed by atoms with van der Waals surface area (Å²) in [4.78, 5) is 12.6. The molecule has 0 fully saturated rings. The predicted octanol–water partition coefficient (Wildman–Crippen LogP) is 6.66. The molecule has 1 heterocycles. The average Bonchev–Trinajstić information content (AvgIpc) is 3.18. The van der Waals surface area contributed by atoms with Crippen molar-refractivity contribution in [2.24, 2.45) is 0 Å². The van der Waals surface area contributed by atoms with Crippen LogP contribution in [0.5, 0.6) is 5.75 Å². The van der Waals surface area contributed by atoms with Gasteiger partial charge in [-0.05, 0) is 79.1 Å². The van der Waals surface area contributed by atoms with Crippen LogP contribution in [0.25, 0.3) is 11.8 Å². The Morgan fingerprint density at radius 2 is 1.69 bits per heavy atom. The zero-order valence-electron chi connectivity index (χ0n) is 20.2. The second-order valence-electron chi connectivity index (χ2n) is 8.41. The van der Waals surface area contributed by atoms with Gasteiger partial charge in [-0.3, -0.25) is 4.79 Å². The molecule has 1 N–H and O–H groups in total. The predicted molar refractivity (Wildman–Crippen MR) is 146 cm³/mol. The zero-order valence-corrected chi connectivity index (χ0v) is 21.7. The van der Waals surface area contributed by atoms with E-state index in [1.165, 1.54) is 0 Å². The molecule has 6 heteroatoms. The lowest BCUT2D eigenvalue weighted by atomic mass is 10.1. The number of nitriles is 1. The van der Waals surface area contributed by atoms with Crippen LogP contribution in [0.4, 0.5) is 0 Å². The quantitative estimate of drug-likeness (QED) is 0.201. The van der Waals surface area contributed by atoms with Gasteiger partial charge in [-0.25, -0.2) is 0 Å². The Bertz CT molecular complexity index is 1410. The van der Waals surface area contributed by atoms with Gasteiger partial charge in [0.2, 0.25) is 0 Å². The second kappa shape index (κ2) is 11.6. The number of benzene rings is 3. The van der Waals surface area contributed by atoms with Crippen molar-refractivity contribution in [1.82, 2.24) is 9.88 Å². The summed E-state index contributed by atoms with van der Waals surface area (Å²) >= 11 is 3.44. The topological polar surface area (TPSA) is 67.0 Å². The first-order chi connectivity index (χ1) is 17.4. The number of aromatic nitrogens is 1. The van der Waals surface area contributed by atoms with Crippen molar-refractivity contribution in [3.8, 4) is 17.5 Å². The van der Waals surface area contributed by atoms with E-state index in [1.54, 1.807) is 6.08 Å². The number of nitrogens with zero attached hydrogens (tertiary/aromatic N) is 2. The number of ether oxygens (including phenoxy) is 1. The molecule has 0 radical (unpaired) electrons. The summed E-state index contributed by atoms with van der Waals surface area (Å²) in [6, 6.07) is 29.6. The molecule has 0 aliphatic carbocycles. The highest BCUT2D eigenvalue weighted by atomic mass is 79.9. The lowest BCUT2D eigenvalue weighted by Gasteiger charge is -2.12. The van der Waals surface area contributed by atoms with Crippen LogP contribution < -0.4 is 10.1 Å². The van der Waals surface area contributed by atoms with Crippen molar-refractivity contribution >= 4 is 27.9 Å². The van der Waals surface area contributed by atoms with Crippen LogP contribution in [0.2, 0.25) is 0 Å². The fourth-order valence-corrected chi connectivity index (χ4v) is 4.21. The van der Waals surface area contributed by atoms with Gasteiger partial charge in [0.15, 0.2) is 0 Å². The maximum atomic E-state index is 12.6. The Balaban J connectivity index is 1.47. The van der Waals surface area contributed by atoms with Gasteiger partial charge in [-0.2, -0.15) is 5.26 Å². The van der Waals surface area contributed by atoms with Gasteiger partial charge in [0.05, 0.1) is 0 Å². The number of hydrogen-bond donors (Lipinski definition) is 1. The molecule has 0 aliphatic rings. The van der Waals surface area contributed by atoms with Crippen molar-refractivity contribution in [3.63, 3.8) is 0 Å². The molecular formula is C30H26BrN3O2. The molecule has 0 spiro atoms. The maximum Gasteiger partial charge on any atom is 0.262 e. The van der Waals surface area contributed by atoms with E-state index in [2.05, 4.69) is 25.8 Å². The molecule has 0 saturated heterocycles. The van der Waals surface area contributed by atoms with Crippen molar-refractivity contribution in [2.45, 2.75) is 27.0 Å². The molecular weight excluding hydrogens is 514 g/mol. The van der Waals surface area contributed by atoms with Crippen LogP contribution in [-0.4, -0.2) is 10.5 Å². The molecule has 5 nitrogen and oxygen atoms in total. The first-order valence-electron chi connectivity index (χ1n) is 11.5. The Morgan fingerprint density at radius 3 is 2.36 bits per heavy atom. The van der Waals surface area contributed by atoms with Crippen molar-refractivity contribution < 1.29 is 9.53 Å². The van der Waals surface area contributed by atoms with Gasteiger partial charge in [-0.15, -0.1) is 0 Å². The van der Waals surface area contributed by atoms with E-state index in [-0.39, 0.29) is 5.57 Å². The number of rotatable bonds is 8. The molecule has 3 aromatic carbocycles. The van der Waals surface area contributed by atoms with Crippen molar-refractivity contribution in [3.05, 3.63) is 123 Å². The highest BCUT2D eigenvalue weighted by molar-refractivity contribution is 9.10. The first-order valence-corrected chi connectivity index (χ1v) is 12.3. The molecule has 1 aromatic heterocycles. The minimum absolute atomic E-state index is 0.0721. The lowest BCUT2D eigenvalue weighted by Crippen LogP contribution is -2.23. The molecule has 36 heavy (non-hydrogen) atoms. The first kappa shape index (κ1) is 25.0. The van der Waals surface area contributed by atoms with Gasteiger partial charge in [-0.1, -0.05) is 58.4 Å². The Hall–Kier alpha value is -4.08. The van der Waals surface area contributed by atoms with Crippen LogP contribution in [-0.2, 0) is 17.9 Å². The van der Waals surface area contributed by atoms with E-state index in [1.807, 2.05) is 105 Å².